The van der Waals surface area contributed by atoms with Gasteiger partial charge in [0.05, 0.1) is 12.1 Å². The summed E-state index contributed by atoms with van der Waals surface area (Å²) in [6.45, 7) is 15.8. The number of anilines is 3. The standard InChI is InChI=1S/C32H37NS.C27H27NO.2C26H25N/c1-24(2)8-4-5-10-26-14-16-27(17-15-26)23-33-32-19-18-31(34-32)30-13-7-12-29(22-30)21-28-11-6-9-25(3)20-28;1-20-5-3-6-22(15-20)16-23-7-4-8-24(17-23)25-11-12-26(18-25)28-19-21-9-13-27(29-2)14-10-21;1-20-7-5-11-25(17-20)27-26-12-6-10-23(19-26)24-16-15-22(18-24)14-13-21-8-3-2-4-9-21;1-20-7-5-10-22(15-20)16-23-11-6-12-24(17-23)25-13-14-26(18-25)27-19-21-8-3-2-4-9-21/h6-7,9,11-20,22,24,33H,4-5,8,10,21,23H2,1-3H3;3-15,17,28H,16,18-19H2,1-2H3;2-12,15-17,19,27H,13-14,18H2,1H3;2-15,17,27H,16,18-19H2,1H3. The van der Waals surface area contributed by atoms with Crippen LogP contribution in [0, 0.1) is 33.6 Å². The molecular formula is C111H114N4OS. The summed E-state index contributed by atoms with van der Waals surface area (Å²) in [5, 5.41) is 15.5. The van der Waals surface area contributed by atoms with Crippen LogP contribution in [0.15, 0.2) is 369 Å². The molecule has 4 N–H and O–H groups in total. The molecule has 12 aromatic carbocycles. The van der Waals surface area contributed by atoms with Crippen molar-refractivity contribution in [3.63, 3.8) is 0 Å². The van der Waals surface area contributed by atoms with E-state index in [-0.39, 0.29) is 0 Å². The van der Waals surface area contributed by atoms with E-state index in [2.05, 4.69) is 403 Å². The molecule has 0 atom stereocenters. The summed E-state index contributed by atoms with van der Waals surface area (Å²) >= 11 is 1.83. The summed E-state index contributed by atoms with van der Waals surface area (Å²) in [5.74, 6) is 1.71. The molecule has 0 spiro atoms. The van der Waals surface area contributed by atoms with Crippen molar-refractivity contribution in [1.82, 2.24) is 10.6 Å². The monoisotopic (exact) mass is 1550 g/mol. The predicted octanol–water partition coefficient (Wildman–Crippen LogP) is 28.5. The minimum Gasteiger partial charge on any atom is -0.497 e. The Hall–Kier alpha value is -12.2. The molecule has 0 saturated heterocycles. The zero-order valence-corrected chi connectivity index (χ0v) is 70.3. The number of hydrogen-bond donors (Lipinski definition) is 4. The van der Waals surface area contributed by atoms with Crippen LogP contribution in [0.4, 0.5) is 16.4 Å². The SMILES string of the molecule is COc1ccc(CNC2=CC=C(c3cccc(Cc4cccc(C)c4)c3)C2)cc1.Cc1cccc(Cc2cccc(-c3ccc(NCc4ccc(CCCCC(C)C)cc4)s3)c2)c1.Cc1cccc(Cc2cccc(C3=CC=C(NCc4ccccc4)C3)c2)c1.Cc1cccc(Nc2cccc(C3=CC=C(CCc4ccccc4)C3)c2)c1. The fourth-order valence-corrected chi connectivity index (χ4v) is 16.2. The van der Waals surface area contributed by atoms with Gasteiger partial charge in [0.2, 0.25) is 0 Å². The van der Waals surface area contributed by atoms with Crippen molar-refractivity contribution < 1.29 is 4.74 Å². The Balaban J connectivity index is 0.000000136. The second-order valence-corrected chi connectivity index (χ2v) is 33.1. The molecule has 1 aromatic heterocycles. The summed E-state index contributed by atoms with van der Waals surface area (Å²) < 4.78 is 5.22. The van der Waals surface area contributed by atoms with Crippen LogP contribution in [0.25, 0.3) is 27.2 Å². The number of methoxy groups -OCH3 is 1. The van der Waals surface area contributed by atoms with Crippen molar-refractivity contribution in [2.75, 3.05) is 17.7 Å². The van der Waals surface area contributed by atoms with Crippen molar-refractivity contribution >= 4 is 44.4 Å². The molecule has 5 nitrogen and oxygen atoms in total. The minimum atomic E-state index is 0.814. The van der Waals surface area contributed by atoms with Gasteiger partial charge < -0.3 is 26.0 Å². The van der Waals surface area contributed by atoms with Crippen LogP contribution in [0.5, 0.6) is 5.75 Å². The summed E-state index contributed by atoms with van der Waals surface area (Å²) in [4.78, 5) is 1.31. The average Bonchev–Trinajstić information content (AvgIpc) is 1.78. The maximum absolute atomic E-state index is 5.22. The number of benzene rings is 12. The minimum absolute atomic E-state index is 0.814. The zero-order chi connectivity index (χ0) is 80.8. The number of hydrogen-bond acceptors (Lipinski definition) is 6. The first-order valence-electron chi connectivity index (χ1n) is 41.9. The third kappa shape index (κ3) is 26.7. The topological polar surface area (TPSA) is 57.4 Å². The number of rotatable bonds is 30. The summed E-state index contributed by atoms with van der Waals surface area (Å²) in [6.07, 6.45) is 26.8. The van der Waals surface area contributed by atoms with E-state index in [1.54, 1.807) is 7.11 Å². The van der Waals surface area contributed by atoms with Gasteiger partial charge in [-0.2, -0.15) is 0 Å². The number of aryl methyl sites for hydroxylation is 6. The summed E-state index contributed by atoms with van der Waals surface area (Å²) in [6, 6.07) is 113. The molecule has 3 aliphatic carbocycles. The second-order valence-electron chi connectivity index (χ2n) is 32.0. The molecule has 0 fully saturated rings. The molecule has 1 heterocycles. The molecule has 117 heavy (non-hydrogen) atoms. The normalized spacial score (nSPS) is 12.6. The summed E-state index contributed by atoms with van der Waals surface area (Å²) in [5.41, 5.74) is 35.9. The van der Waals surface area contributed by atoms with Gasteiger partial charge in [0.25, 0.3) is 0 Å². The number of unbranched alkanes of at least 4 members (excludes halogenated alkanes) is 1. The van der Waals surface area contributed by atoms with Gasteiger partial charge in [-0.1, -0.05) is 340 Å². The molecule has 0 saturated carbocycles. The lowest BCUT2D eigenvalue weighted by atomic mass is 9.98. The first-order valence-corrected chi connectivity index (χ1v) is 42.8. The Bertz CT molecular complexity index is 5390. The lowest BCUT2D eigenvalue weighted by Gasteiger charge is -2.11. The Kier molecular flexibility index (Phi) is 30.4. The highest BCUT2D eigenvalue weighted by molar-refractivity contribution is 7.19. The Morgan fingerprint density at radius 3 is 1.24 bits per heavy atom. The number of allylic oxidation sites excluding steroid dienone is 10. The van der Waals surface area contributed by atoms with Gasteiger partial charge in [-0.15, -0.1) is 11.3 Å². The van der Waals surface area contributed by atoms with Gasteiger partial charge in [-0.25, -0.2) is 0 Å². The lowest BCUT2D eigenvalue weighted by molar-refractivity contribution is 0.414. The first-order chi connectivity index (χ1) is 57.3. The largest absolute Gasteiger partial charge is 0.497 e. The maximum atomic E-state index is 5.22. The highest BCUT2D eigenvalue weighted by Crippen LogP contribution is 2.36. The van der Waals surface area contributed by atoms with Gasteiger partial charge in [-0.3, -0.25) is 0 Å². The Morgan fingerprint density at radius 1 is 0.316 bits per heavy atom. The predicted molar refractivity (Wildman–Crippen MR) is 502 cm³/mol. The van der Waals surface area contributed by atoms with Crippen LogP contribution in [-0.4, -0.2) is 7.11 Å². The van der Waals surface area contributed by atoms with Gasteiger partial charge in [-0.05, 0) is 251 Å². The lowest BCUT2D eigenvalue weighted by Crippen LogP contribution is -2.11. The molecule has 590 valence electrons. The van der Waals surface area contributed by atoms with Crippen molar-refractivity contribution in [3.05, 3.63) is 469 Å². The highest BCUT2D eigenvalue weighted by Gasteiger charge is 2.16. The van der Waals surface area contributed by atoms with E-state index in [9.17, 15) is 0 Å². The quantitative estimate of drug-likeness (QED) is 0.0338. The van der Waals surface area contributed by atoms with Crippen LogP contribution in [-0.2, 0) is 51.7 Å². The van der Waals surface area contributed by atoms with Crippen molar-refractivity contribution in [2.24, 2.45) is 5.92 Å². The smallest absolute Gasteiger partial charge is 0.118 e. The molecule has 13 aromatic rings. The molecule has 0 aliphatic heterocycles. The molecule has 0 unspecified atom stereocenters. The molecule has 0 bridgehead atoms. The van der Waals surface area contributed by atoms with Gasteiger partial charge >= 0.3 is 0 Å². The fourth-order valence-electron chi connectivity index (χ4n) is 15.3. The van der Waals surface area contributed by atoms with E-state index in [0.717, 1.165) is 94.0 Å². The van der Waals surface area contributed by atoms with E-state index < -0.39 is 0 Å². The highest BCUT2D eigenvalue weighted by atomic mass is 32.1. The first kappa shape index (κ1) is 82.8. The van der Waals surface area contributed by atoms with Gasteiger partial charge in [0.1, 0.15) is 5.75 Å². The molecule has 16 rings (SSSR count). The van der Waals surface area contributed by atoms with Crippen molar-refractivity contribution in [2.45, 2.75) is 138 Å². The third-order valence-electron chi connectivity index (χ3n) is 21.7. The zero-order valence-electron chi connectivity index (χ0n) is 69.5. The van der Waals surface area contributed by atoms with Gasteiger partial charge in [0.15, 0.2) is 0 Å². The van der Waals surface area contributed by atoms with Crippen molar-refractivity contribution in [3.8, 4) is 16.2 Å². The summed E-state index contributed by atoms with van der Waals surface area (Å²) in [7, 11) is 1.69. The molecule has 0 amide bonds. The van der Waals surface area contributed by atoms with Crippen LogP contribution >= 0.6 is 11.3 Å². The molecular weight excluding hydrogens is 1440 g/mol. The van der Waals surface area contributed by atoms with Crippen LogP contribution in [0.1, 0.15) is 159 Å². The third-order valence-corrected chi connectivity index (χ3v) is 22.8. The van der Waals surface area contributed by atoms with Crippen LogP contribution in [0.2, 0.25) is 0 Å². The van der Waals surface area contributed by atoms with E-state index in [1.165, 1.54) is 175 Å². The average molecular weight is 1550 g/mol. The molecule has 6 heteroatoms. The number of thiophene rings is 1. The van der Waals surface area contributed by atoms with Crippen molar-refractivity contribution in [1.29, 1.82) is 0 Å². The van der Waals surface area contributed by atoms with E-state index in [0.29, 0.717) is 0 Å². The Morgan fingerprint density at radius 2 is 0.718 bits per heavy atom. The van der Waals surface area contributed by atoms with E-state index >= 15 is 0 Å². The fraction of sp³-hybridized carbons (Fsp3) is 0.207. The van der Waals surface area contributed by atoms with Gasteiger partial charge in [0, 0.05) is 60.1 Å². The van der Waals surface area contributed by atoms with E-state index in [1.807, 2.05) is 23.5 Å². The maximum Gasteiger partial charge on any atom is 0.118 e. The molecule has 3 aliphatic rings. The second kappa shape index (κ2) is 42.9. The Labute approximate surface area is 702 Å². The number of ether oxygens (including phenoxy) is 1. The van der Waals surface area contributed by atoms with Crippen LogP contribution < -0.4 is 26.0 Å². The van der Waals surface area contributed by atoms with E-state index in [4.69, 9.17) is 4.74 Å². The van der Waals surface area contributed by atoms with Crippen LogP contribution in [0.3, 0.4) is 0 Å². The number of nitrogens with one attached hydrogen (secondary N) is 4. The molecule has 0 radical (unpaired) electrons.